The van der Waals surface area contributed by atoms with Crippen molar-refractivity contribution in [3.63, 3.8) is 0 Å². The molecule has 0 aliphatic rings. The average Bonchev–Trinajstić information content (AvgIpc) is 2.14. The van der Waals surface area contributed by atoms with E-state index in [2.05, 4.69) is 59.1 Å². The largest absolute Gasteiger partial charge is 0.356 e. The molecule has 0 fully saturated rings. The number of carbonyl (C=O) groups is 1. The van der Waals surface area contributed by atoms with Crippen molar-refractivity contribution in [2.75, 3.05) is 13.1 Å². The van der Waals surface area contributed by atoms with Crippen LogP contribution in [0.5, 0.6) is 0 Å². The van der Waals surface area contributed by atoms with Gasteiger partial charge in [-0.3, -0.25) is 4.79 Å². The number of hydrogen-bond donors (Lipinski definition) is 2. The molecule has 0 aliphatic heterocycles. The van der Waals surface area contributed by atoms with Gasteiger partial charge in [0, 0.05) is 25.0 Å². The first-order valence-electron chi connectivity index (χ1n) is 7.15. The van der Waals surface area contributed by atoms with Crippen LogP contribution in [0.1, 0.15) is 54.9 Å². The molecule has 0 unspecified atom stereocenters. The zero-order valence-corrected chi connectivity index (χ0v) is 13.3. The molecule has 0 aromatic rings. The van der Waals surface area contributed by atoms with Crippen LogP contribution in [0.4, 0.5) is 0 Å². The van der Waals surface area contributed by atoms with Crippen molar-refractivity contribution >= 4 is 5.91 Å². The summed E-state index contributed by atoms with van der Waals surface area (Å²) < 4.78 is 0. The van der Waals surface area contributed by atoms with Gasteiger partial charge in [-0.15, -0.1) is 0 Å². The molecule has 3 heteroatoms. The van der Waals surface area contributed by atoms with E-state index in [0.717, 1.165) is 13.1 Å². The van der Waals surface area contributed by atoms with E-state index >= 15 is 0 Å². The Morgan fingerprint density at radius 3 is 1.94 bits per heavy atom. The first-order chi connectivity index (χ1) is 8.13. The van der Waals surface area contributed by atoms with Gasteiger partial charge in [0.2, 0.25) is 5.91 Å². The van der Waals surface area contributed by atoms with Crippen molar-refractivity contribution in [1.82, 2.24) is 10.6 Å². The Balaban J connectivity index is 3.89. The Bertz CT molecular complexity index is 233. The molecule has 0 radical (unpaired) electrons. The lowest BCUT2D eigenvalue weighted by molar-refractivity contribution is -0.121. The Kier molecular flexibility index (Phi) is 7.53. The normalized spacial score (nSPS) is 12.6. The van der Waals surface area contributed by atoms with Crippen LogP contribution in [0, 0.1) is 17.8 Å². The summed E-state index contributed by atoms with van der Waals surface area (Å²) in [5, 5.41) is 6.38. The molecule has 0 spiro atoms. The van der Waals surface area contributed by atoms with Crippen molar-refractivity contribution in [2.45, 2.75) is 60.4 Å². The van der Waals surface area contributed by atoms with Gasteiger partial charge in [-0.1, -0.05) is 27.7 Å². The first kappa shape index (κ1) is 17.4. The lowest BCUT2D eigenvalue weighted by Crippen LogP contribution is -2.39. The number of nitrogens with one attached hydrogen (secondary N) is 2. The molecule has 0 bridgehead atoms. The van der Waals surface area contributed by atoms with Crippen LogP contribution < -0.4 is 10.6 Å². The van der Waals surface area contributed by atoms with Crippen LogP contribution in [-0.2, 0) is 4.79 Å². The number of amides is 1. The molecule has 0 rings (SSSR count). The topological polar surface area (TPSA) is 41.1 Å². The summed E-state index contributed by atoms with van der Waals surface area (Å²) in [6.45, 7) is 16.7. The van der Waals surface area contributed by atoms with Crippen LogP contribution in [0.3, 0.4) is 0 Å². The second-order valence-electron chi connectivity index (χ2n) is 6.88. The fourth-order valence-corrected chi connectivity index (χ4v) is 2.11. The van der Waals surface area contributed by atoms with E-state index in [1.807, 2.05) is 0 Å². The third kappa shape index (κ3) is 8.51. The molecule has 0 aromatic heterocycles. The summed E-state index contributed by atoms with van der Waals surface area (Å²) in [5.74, 6) is 1.93. The highest BCUT2D eigenvalue weighted by Gasteiger charge is 2.18. The minimum absolute atomic E-state index is 0.0820. The molecular formula is C15H32N2O. The fourth-order valence-electron chi connectivity index (χ4n) is 2.11. The maximum absolute atomic E-state index is 11.7. The van der Waals surface area contributed by atoms with E-state index in [0.29, 0.717) is 24.2 Å². The smallest absolute Gasteiger partial charge is 0.221 e. The zero-order chi connectivity index (χ0) is 14.3. The van der Waals surface area contributed by atoms with Crippen LogP contribution in [0.15, 0.2) is 0 Å². The average molecular weight is 256 g/mol. The lowest BCUT2D eigenvalue weighted by Gasteiger charge is -2.25. The highest BCUT2D eigenvalue weighted by Crippen LogP contribution is 2.19. The number of hydrogen-bond acceptors (Lipinski definition) is 2. The second-order valence-corrected chi connectivity index (χ2v) is 6.88. The minimum atomic E-state index is 0.0820. The molecule has 108 valence electrons. The van der Waals surface area contributed by atoms with Gasteiger partial charge in [-0.2, -0.15) is 0 Å². The third-order valence-electron chi connectivity index (χ3n) is 3.25. The van der Waals surface area contributed by atoms with Gasteiger partial charge in [0.25, 0.3) is 0 Å². The van der Waals surface area contributed by atoms with Gasteiger partial charge in [0.15, 0.2) is 0 Å². The maximum atomic E-state index is 11.7. The van der Waals surface area contributed by atoms with Crippen LogP contribution in [0.2, 0.25) is 0 Å². The molecular weight excluding hydrogens is 224 g/mol. The third-order valence-corrected chi connectivity index (χ3v) is 3.25. The Morgan fingerprint density at radius 1 is 1.06 bits per heavy atom. The van der Waals surface area contributed by atoms with Crippen molar-refractivity contribution in [3.05, 3.63) is 0 Å². The molecule has 3 nitrogen and oxygen atoms in total. The van der Waals surface area contributed by atoms with Gasteiger partial charge in [0.05, 0.1) is 0 Å². The van der Waals surface area contributed by atoms with Crippen LogP contribution in [0.25, 0.3) is 0 Å². The SMILES string of the molecule is CC(C)C(CNC(=O)CCNC(C)(C)C)C(C)C. The van der Waals surface area contributed by atoms with Gasteiger partial charge < -0.3 is 10.6 Å². The second kappa shape index (κ2) is 7.78. The maximum Gasteiger partial charge on any atom is 0.221 e. The predicted molar refractivity (Wildman–Crippen MR) is 78.5 cm³/mol. The summed E-state index contributed by atoms with van der Waals surface area (Å²) in [4.78, 5) is 11.7. The standard InChI is InChI=1S/C15H32N2O/c1-11(2)13(12(3)4)10-16-14(18)8-9-17-15(5,6)7/h11-13,17H,8-10H2,1-7H3,(H,16,18). The monoisotopic (exact) mass is 256 g/mol. The number of carbonyl (C=O) groups excluding carboxylic acids is 1. The Hall–Kier alpha value is -0.570. The van der Waals surface area contributed by atoms with E-state index in [-0.39, 0.29) is 11.4 Å². The molecule has 18 heavy (non-hydrogen) atoms. The van der Waals surface area contributed by atoms with Crippen molar-refractivity contribution in [2.24, 2.45) is 17.8 Å². The van der Waals surface area contributed by atoms with Crippen LogP contribution in [-0.4, -0.2) is 24.5 Å². The summed E-state index contributed by atoms with van der Waals surface area (Å²) >= 11 is 0. The molecule has 0 saturated heterocycles. The van der Waals surface area contributed by atoms with E-state index < -0.39 is 0 Å². The zero-order valence-electron chi connectivity index (χ0n) is 13.3. The Morgan fingerprint density at radius 2 is 1.56 bits per heavy atom. The van der Waals surface area contributed by atoms with Gasteiger partial charge >= 0.3 is 0 Å². The van der Waals surface area contributed by atoms with Crippen molar-refractivity contribution in [3.8, 4) is 0 Å². The van der Waals surface area contributed by atoms with E-state index in [1.54, 1.807) is 0 Å². The molecule has 0 atom stereocenters. The molecule has 2 N–H and O–H groups in total. The minimum Gasteiger partial charge on any atom is -0.356 e. The van der Waals surface area contributed by atoms with E-state index in [1.165, 1.54) is 0 Å². The van der Waals surface area contributed by atoms with Gasteiger partial charge in [-0.05, 0) is 38.5 Å². The summed E-state index contributed by atoms with van der Waals surface area (Å²) in [7, 11) is 0. The summed E-state index contributed by atoms with van der Waals surface area (Å²) in [6.07, 6.45) is 0.556. The molecule has 0 aromatic carbocycles. The fraction of sp³-hybridized carbons (Fsp3) is 0.933. The lowest BCUT2D eigenvalue weighted by atomic mass is 9.85. The summed E-state index contributed by atoms with van der Waals surface area (Å²) in [5.41, 5.74) is 0.0820. The van der Waals surface area contributed by atoms with E-state index in [4.69, 9.17) is 0 Å². The van der Waals surface area contributed by atoms with Gasteiger partial charge in [-0.25, -0.2) is 0 Å². The van der Waals surface area contributed by atoms with Crippen molar-refractivity contribution < 1.29 is 4.79 Å². The van der Waals surface area contributed by atoms with Crippen molar-refractivity contribution in [1.29, 1.82) is 0 Å². The summed E-state index contributed by atoms with van der Waals surface area (Å²) in [6, 6.07) is 0. The van der Waals surface area contributed by atoms with E-state index in [9.17, 15) is 4.79 Å². The highest BCUT2D eigenvalue weighted by molar-refractivity contribution is 5.76. The molecule has 0 aliphatic carbocycles. The highest BCUT2D eigenvalue weighted by atomic mass is 16.1. The molecule has 0 heterocycles. The quantitative estimate of drug-likeness (QED) is 0.735. The first-order valence-corrected chi connectivity index (χ1v) is 7.15. The Labute approximate surface area is 113 Å². The molecule has 0 saturated carbocycles. The molecule has 1 amide bonds. The number of rotatable bonds is 7. The predicted octanol–water partition coefficient (Wildman–Crippen LogP) is 2.81. The van der Waals surface area contributed by atoms with Crippen LogP contribution >= 0.6 is 0 Å². The van der Waals surface area contributed by atoms with Gasteiger partial charge in [0.1, 0.15) is 0 Å².